The summed E-state index contributed by atoms with van der Waals surface area (Å²) in [6.07, 6.45) is 15.0. The molecule has 2 atom stereocenters. The molecule has 8 heterocycles. The van der Waals surface area contributed by atoms with Gasteiger partial charge in [-0.1, -0.05) is 69.6 Å². The number of hydrogen-bond donors (Lipinski definition) is 1. The van der Waals surface area contributed by atoms with Crippen molar-refractivity contribution in [3.05, 3.63) is 121 Å². The summed E-state index contributed by atoms with van der Waals surface area (Å²) in [5.74, 6) is 0.962. The molecule has 2 saturated heterocycles. The summed E-state index contributed by atoms with van der Waals surface area (Å²) in [4.78, 5) is 43.0. The number of ether oxygens (including phenoxy) is 3. The van der Waals surface area contributed by atoms with E-state index in [0.29, 0.717) is 45.0 Å². The van der Waals surface area contributed by atoms with E-state index in [0.717, 1.165) is 113 Å². The Morgan fingerprint density at radius 1 is 0.676 bits per heavy atom. The molecule has 1 N–H and O–H groups in total. The third kappa shape index (κ3) is 13.5. The number of carbonyl (C=O) groups is 1. The molecule has 2 fully saturated rings. The van der Waals surface area contributed by atoms with Crippen molar-refractivity contribution in [2.75, 3.05) is 39.4 Å². The average molecular weight is 953 g/mol. The van der Waals surface area contributed by atoms with E-state index in [-0.39, 0.29) is 6.09 Å². The van der Waals surface area contributed by atoms with Crippen LogP contribution in [0.4, 0.5) is 4.79 Å². The van der Waals surface area contributed by atoms with Gasteiger partial charge in [0.15, 0.2) is 11.3 Å². The molecule has 7 aromatic rings. The molecule has 0 spiro atoms. The average Bonchev–Trinajstić information content (AvgIpc) is 4.17. The highest BCUT2D eigenvalue weighted by molar-refractivity contribution is 6.76. The molecule has 68 heavy (non-hydrogen) atoms. The fraction of sp³-hybridized carbons (Fsp3) is 0.442. The Morgan fingerprint density at radius 2 is 1.24 bits per heavy atom. The van der Waals surface area contributed by atoms with E-state index in [1.54, 1.807) is 4.90 Å². The van der Waals surface area contributed by atoms with Crippen molar-refractivity contribution in [3.63, 3.8) is 0 Å². The predicted octanol–water partition coefficient (Wildman–Crippen LogP) is 9.96. The number of benzene rings is 1. The lowest BCUT2D eigenvalue weighted by Gasteiger charge is -2.17. The lowest BCUT2D eigenvalue weighted by molar-refractivity contribution is 0.0898. The van der Waals surface area contributed by atoms with Crippen LogP contribution in [0.3, 0.4) is 0 Å². The van der Waals surface area contributed by atoms with Gasteiger partial charge < -0.3 is 33.6 Å². The SMILES string of the molecule is C[Si](C)(C)CCOCn1ccc2nc(-c3cccnc3C[C@@H]3CCN(C(=O)OCc4ccccc4)C3)cnc21.C[Si](C)(C)CCOCn1ccc2nc(-c3cccnc3C[C@@H]3CCNC3)cnc21. The van der Waals surface area contributed by atoms with E-state index in [2.05, 4.69) is 61.7 Å². The van der Waals surface area contributed by atoms with Crippen molar-refractivity contribution in [1.29, 1.82) is 0 Å². The van der Waals surface area contributed by atoms with Crippen LogP contribution in [0, 0.1) is 11.8 Å². The Balaban J connectivity index is 0.000000192. The van der Waals surface area contributed by atoms with Crippen LogP contribution in [0.25, 0.3) is 44.8 Å². The number of carbonyl (C=O) groups excluding carboxylic acids is 1. The first kappa shape index (κ1) is 48.8. The first-order valence-electron chi connectivity index (χ1n) is 24.2. The molecule has 0 bridgehead atoms. The second-order valence-electron chi connectivity index (χ2n) is 20.6. The van der Waals surface area contributed by atoms with Gasteiger partial charge in [0.25, 0.3) is 0 Å². The van der Waals surface area contributed by atoms with Gasteiger partial charge in [-0.25, -0.2) is 24.7 Å². The van der Waals surface area contributed by atoms with E-state index in [9.17, 15) is 4.79 Å². The normalized spacial score (nSPS) is 16.4. The van der Waals surface area contributed by atoms with Crippen LogP contribution in [0.1, 0.15) is 29.8 Å². The van der Waals surface area contributed by atoms with E-state index < -0.39 is 16.1 Å². The zero-order valence-corrected chi connectivity index (χ0v) is 42.7. The molecule has 0 unspecified atom stereocenters. The third-order valence-corrected chi connectivity index (χ3v) is 16.0. The second kappa shape index (κ2) is 22.6. The lowest BCUT2D eigenvalue weighted by Crippen LogP contribution is -2.29. The molecule has 2 aliphatic rings. The maximum absolute atomic E-state index is 12.6. The molecule has 14 nitrogen and oxygen atoms in total. The standard InChI is InChI=1S/C30H37N5O3Si.C22H31N5OSi/c1-39(2,3)17-16-37-22-35-15-12-26-29(35)32-19-28(33-26)25-10-7-13-31-27(25)18-24-11-14-34(20-24)30(36)38-21-23-8-5-4-6-9-23;1-29(2,3)12-11-28-16-27-10-7-19-22(27)25-15-21(26-19)18-5-4-8-24-20(18)13-17-6-9-23-14-17/h4-10,12-13,15,19,24H,11,14,16-18,20-22H2,1-3H3;4-5,7-8,10,15,17,23H,6,9,11-14,16H2,1-3H3/t24-;17-/m00/s1. The second-order valence-corrected chi connectivity index (χ2v) is 31.8. The maximum atomic E-state index is 12.6. The van der Waals surface area contributed by atoms with Crippen LogP contribution in [0.2, 0.25) is 51.4 Å². The van der Waals surface area contributed by atoms with Crippen molar-refractivity contribution >= 4 is 44.6 Å². The molecular weight excluding hydrogens is 885 g/mol. The quantitative estimate of drug-likeness (QED) is 0.0648. The number of aromatic nitrogens is 8. The Kier molecular flexibility index (Phi) is 16.2. The van der Waals surface area contributed by atoms with Crippen LogP contribution in [-0.2, 0) is 47.1 Å². The summed E-state index contributed by atoms with van der Waals surface area (Å²) in [5, 5.41) is 3.44. The van der Waals surface area contributed by atoms with Crippen LogP contribution < -0.4 is 5.32 Å². The van der Waals surface area contributed by atoms with Crippen molar-refractivity contribution in [2.24, 2.45) is 11.8 Å². The van der Waals surface area contributed by atoms with Crippen LogP contribution in [0.5, 0.6) is 0 Å². The summed E-state index contributed by atoms with van der Waals surface area (Å²) < 4.78 is 21.4. The number of hydrogen-bond acceptors (Lipinski definition) is 11. The van der Waals surface area contributed by atoms with Crippen LogP contribution >= 0.6 is 0 Å². The number of rotatable bonds is 18. The molecule has 6 aromatic heterocycles. The van der Waals surface area contributed by atoms with Crippen LogP contribution in [0.15, 0.2) is 104 Å². The van der Waals surface area contributed by atoms with Gasteiger partial charge in [0, 0.05) is 78.4 Å². The van der Waals surface area contributed by atoms with Gasteiger partial charge in [0.05, 0.1) is 35.2 Å². The minimum absolute atomic E-state index is 0.257. The number of amides is 1. The van der Waals surface area contributed by atoms with E-state index in [1.165, 1.54) is 12.5 Å². The molecule has 358 valence electrons. The smallest absolute Gasteiger partial charge is 0.410 e. The number of likely N-dealkylation sites (tertiary alicyclic amines) is 1. The van der Waals surface area contributed by atoms with Gasteiger partial charge in [-0.05, 0) is 105 Å². The molecule has 0 aliphatic carbocycles. The Labute approximate surface area is 403 Å². The van der Waals surface area contributed by atoms with Crippen molar-refractivity contribution in [1.82, 2.24) is 49.3 Å². The fourth-order valence-electron chi connectivity index (χ4n) is 8.55. The highest BCUT2D eigenvalue weighted by atomic mass is 28.3. The van der Waals surface area contributed by atoms with Gasteiger partial charge in [0.2, 0.25) is 0 Å². The first-order chi connectivity index (χ1) is 32.8. The van der Waals surface area contributed by atoms with E-state index >= 15 is 0 Å². The number of pyridine rings is 2. The third-order valence-electron chi connectivity index (χ3n) is 12.6. The minimum atomic E-state index is -1.12. The Morgan fingerprint density at radius 3 is 1.76 bits per heavy atom. The highest BCUT2D eigenvalue weighted by Crippen LogP contribution is 2.29. The molecular formula is C52H68N10O4Si2. The fourth-order valence-corrected chi connectivity index (χ4v) is 10.1. The van der Waals surface area contributed by atoms with Crippen molar-refractivity contribution in [3.8, 4) is 22.5 Å². The monoisotopic (exact) mass is 952 g/mol. The van der Waals surface area contributed by atoms with Gasteiger partial charge in [-0.15, -0.1) is 0 Å². The van der Waals surface area contributed by atoms with Crippen molar-refractivity contribution < 1.29 is 19.0 Å². The van der Waals surface area contributed by atoms with Gasteiger partial charge in [0.1, 0.15) is 31.1 Å². The molecule has 1 amide bonds. The van der Waals surface area contributed by atoms with Gasteiger partial charge in [-0.2, -0.15) is 0 Å². The maximum Gasteiger partial charge on any atom is 0.410 e. The molecule has 2 aliphatic heterocycles. The van der Waals surface area contributed by atoms with Crippen molar-refractivity contribution in [2.45, 2.75) is 97.1 Å². The number of nitrogens with one attached hydrogen (secondary N) is 1. The number of fused-ring (bicyclic) bond motifs is 2. The molecule has 9 rings (SSSR count). The predicted molar refractivity (Wildman–Crippen MR) is 274 cm³/mol. The molecule has 1 aromatic carbocycles. The first-order valence-corrected chi connectivity index (χ1v) is 31.6. The zero-order valence-electron chi connectivity index (χ0n) is 40.7. The van der Waals surface area contributed by atoms with E-state index in [1.807, 2.05) is 101 Å². The number of nitrogens with zero attached hydrogens (tertiary/aromatic N) is 9. The topological polar surface area (TPSA) is 147 Å². The Hall–Kier alpha value is -5.66. The van der Waals surface area contributed by atoms with Crippen LogP contribution in [-0.4, -0.2) is 106 Å². The van der Waals surface area contributed by atoms with E-state index in [4.69, 9.17) is 39.1 Å². The summed E-state index contributed by atoms with van der Waals surface area (Å²) in [7, 11) is -2.19. The Bertz CT molecular complexity index is 2730. The molecule has 0 saturated carbocycles. The largest absolute Gasteiger partial charge is 0.445 e. The molecule has 16 heteroatoms. The minimum Gasteiger partial charge on any atom is -0.445 e. The van der Waals surface area contributed by atoms with Gasteiger partial charge in [-0.3, -0.25) is 9.97 Å². The summed E-state index contributed by atoms with van der Waals surface area (Å²) in [6, 6.07) is 24.2. The summed E-state index contributed by atoms with van der Waals surface area (Å²) >= 11 is 0. The van der Waals surface area contributed by atoms with Gasteiger partial charge >= 0.3 is 6.09 Å². The summed E-state index contributed by atoms with van der Waals surface area (Å²) in [5.41, 5.74) is 10.3. The zero-order chi connectivity index (χ0) is 47.5. The lowest BCUT2D eigenvalue weighted by atomic mass is 9.98. The summed E-state index contributed by atoms with van der Waals surface area (Å²) in [6.45, 7) is 20.5. The molecule has 0 radical (unpaired) electrons. The highest BCUT2D eigenvalue weighted by Gasteiger charge is 2.29.